The number of carbonyl (C=O) groups excluding carboxylic acids is 2. The van der Waals surface area contributed by atoms with Crippen LogP contribution in [0.1, 0.15) is 13.8 Å². The van der Waals surface area contributed by atoms with Gasteiger partial charge in [-0.05, 0) is 62.4 Å². The number of anilines is 4. The summed E-state index contributed by atoms with van der Waals surface area (Å²) in [6.45, 7) is 3.22. The molecule has 2 rings (SSSR count). The van der Waals surface area contributed by atoms with Gasteiger partial charge in [0.15, 0.2) is 0 Å². The maximum atomic E-state index is 12.6. The molecule has 0 aliphatic carbocycles. The van der Waals surface area contributed by atoms with Crippen molar-refractivity contribution in [3.8, 4) is 0 Å². The van der Waals surface area contributed by atoms with Crippen LogP contribution in [0.5, 0.6) is 0 Å². The summed E-state index contributed by atoms with van der Waals surface area (Å²) < 4.78 is 0. The van der Waals surface area contributed by atoms with Crippen molar-refractivity contribution in [2.24, 2.45) is 5.41 Å². The van der Waals surface area contributed by atoms with Crippen LogP contribution in [0.25, 0.3) is 0 Å². The summed E-state index contributed by atoms with van der Waals surface area (Å²) in [7, 11) is 7.80. The second-order valence-electron chi connectivity index (χ2n) is 7.42. The summed E-state index contributed by atoms with van der Waals surface area (Å²) >= 11 is 0. The van der Waals surface area contributed by atoms with E-state index in [1.807, 2.05) is 86.5 Å². The van der Waals surface area contributed by atoms with E-state index >= 15 is 0 Å². The molecule has 0 aliphatic rings. The molecule has 27 heavy (non-hydrogen) atoms. The van der Waals surface area contributed by atoms with Gasteiger partial charge in [-0.15, -0.1) is 0 Å². The lowest BCUT2D eigenvalue weighted by atomic mass is 9.90. The molecular weight excluding hydrogens is 340 g/mol. The fourth-order valence-corrected chi connectivity index (χ4v) is 2.36. The average molecular weight is 368 g/mol. The predicted molar refractivity (Wildman–Crippen MR) is 113 cm³/mol. The smallest absolute Gasteiger partial charge is 0.239 e. The van der Waals surface area contributed by atoms with Crippen molar-refractivity contribution in [2.75, 3.05) is 48.6 Å². The molecule has 0 aromatic heterocycles. The molecule has 0 bridgehead atoms. The van der Waals surface area contributed by atoms with Gasteiger partial charge in [0.2, 0.25) is 11.8 Å². The van der Waals surface area contributed by atoms with E-state index < -0.39 is 5.41 Å². The lowest BCUT2D eigenvalue weighted by molar-refractivity contribution is -0.135. The van der Waals surface area contributed by atoms with E-state index in [1.54, 1.807) is 13.8 Å². The monoisotopic (exact) mass is 368 g/mol. The van der Waals surface area contributed by atoms with Gasteiger partial charge in [0, 0.05) is 50.9 Å². The van der Waals surface area contributed by atoms with E-state index in [0.29, 0.717) is 11.4 Å². The number of amides is 2. The highest BCUT2D eigenvalue weighted by molar-refractivity contribution is 6.14. The third kappa shape index (κ3) is 5.00. The van der Waals surface area contributed by atoms with Crippen LogP contribution in [0, 0.1) is 5.41 Å². The van der Waals surface area contributed by atoms with E-state index in [0.717, 1.165) is 11.4 Å². The normalized spacial score (nSPS) is 10.9. The largest absolute Gasteiger partial charge is 0.378 e. The number of hydrogen-bond acceptors (Lipinski definition) is 4. The molecule has 0 spiro atoms. The molecule has 0 radical (unpaired) electrons. The molecule has 2 amide bonds. The van der Waals surface area contributed by atoms with Gasteiger partial charge in [0.1, 0.15) is 5.41 Å². The molecule has 0 aliphatic heterocycles. The van der Waals surface area contributed by atoms with Crippen molar-refractivity contribution in [2.45, 2.75) is 13.8 Å². The van der Waals surface area contributed by atoms with E-state index in [2.05, 4.69) is 10.6 Å². The first-order valence-electron chi connectivity index (χ1n) is 8.79. The van der Waals surface area contributed by atoms with Crippen molar-refractivity contribution in [1.29, 1.82) is 0 Å². The van der Waals surface area contributed by atoms with Crippen LogP contribution >= 0.6 is 0 Å². The SMILES string of the molecule is CN(C)c1ccc(NC(=O)C(C)(C)C(=O)Nc2ccc(N(C)C)cc2)cc1. The summed E-state index contributed by atoms with van der Waals surface area (Å²) in [6, 6.07) is 14.9. The Kier molecular flexibility index (Phi) is 6.10. The zero-order valence-corrected chi connectivity index (χ0v) is 16.8. The van der Waals surface area contributed by atoms with Crippen molar-refractivity contribution < 1.29 is 9.59 Å². The highest BCUT2D eigenvalue weighted by atomic mass is 16.2. The first kappa shape index (κ1) is 20.3. The summed E-state index contributed by atoms with van der Waals surface area (Å²) in [5.41, 5.74) is 2.15. The van der Waals surface area contributed by atoms with Crippen LogP contribution in [0.3, 0.4) is 0 Å². The summed E-state index contributed by atoms with van der Waals surface area (Å²) in [5, 5.41) is 5.63. The Bertz CT molecular complexity index is 726. The van der Waals surface area contributed by atoms with Gasteiger partial charge in [-0.3, -0.25) is 9.59 Å². The number of carbonyl (C=O) groups is 2. The second-order valence-corrected chi connectivity index (χ2v) is 7.42. The molecular formula is C21H28N4O2. The zero-order valence-electron chi connectivity index (χ0n) is 16.8. The number of benzene rings is 2. The Balaban J connectivity index is 2.04. The minimum Gasteiger partial charge on any atom is -0.378 e. The Hall–Kier alpha value is -3.02. The number of rotatable bonds is 6. The van der Waals surface area contributed by atoms with Crippen LogP contribution in [0.15, 0.2) is 48.5 Å². The number of nitrogens with one attached hydrogen (secondary N) is 2. The lowest BCUT2D eigenvalue weighted by Crippen LogP contribution is -2.41. The molecule has 0 saturated heterocycles. The minimum absolute atomic E-state index is 0.359. The molecule has 0 unspecified atom stereocenters. The van der Waals surface area contributed by atoms with Gasteiger partial charge in [-0.1, -0.05) is 0 Å². The van der Waals surface area contributed by atoms with Crippen LogP contribution in [-0.2, 0) is 9.59 Å². The molecule has 6 nitrogen and oxygen atoms in total. The van der Waals surface area contributed by atoms with Crippen LogP contribution in [0.4, 0.5) is 22.7 Å². The topological polar surface area (TPSA) is 64.7 Å². The fourth-order valence-electron chi connectivity index (χ4n) is 2.36. The summed E-state index contributed by atoms with van der Waals surface area (Å²) in [5.74, 6) is -0.718. The number of hydrogen-bond donors (Lipinski definition) is 2. The quantitative estimate of drug-likeness (QED) is 0.767. The van der Waals surface area contributed by atoms with Crippen molar-refractivity contribution in [1.82, 2.24) is 0 Å². The van der Waals surface area contributed by atoms with Gasteiger partial charge >= 0.3 is 0 Å². The van der Waals surface area contributed by atoms with E-state index in [9.17, 15) is 9.59 Å². The molecule has 0 atom stereocenters. The van der Waals surface area contributed by atoms with Crippen molar-refractivity contribution >= 4 is 34.6 Å². The first-order valence-corrected chi connectivity index (χ1v) is 8.79. The van der Waals surface area contributed by atoms with E-state index in [-0.39, 0.29) is 11.8 Å². The van der Waals surface area contributed by atoms with E-state index in [4.69, 9.17) is 0 Å². The molecule has 2 aromatic rings. The molecule has 2 aromatic carbocycles. The average Bonchev–Trinajstić information content (AvgIpc) is 2.62. The van der Waals surface area contributed by atoms with Gasteiger partial charge in [-0.25, -0.2) is 0 Å². The van der Waals surface area contributed by atoms with Gasteiger partial charge in [0.25, 0.3) is 0 Å². The van der Waals surface area contributed by atoms with Crippen molar-refractivity contribution in [3.63, 3.8) is 0 Å². The lowest BCUT2D eigenvalue weighted by Gasteiger charge is -2.23. The minimum atomic E-state index is -1.22. The molecule has 0 fully saturated rings. The Morgan fingerprint density at radius 3 is 1.22 bits per heavy atom. The van der Waals surface area contributed by atoms with Crippen LogP contribution in [-0.4, -0.2) is 40.0 Å². The van der Waals surface area contributed by atoms with Gasteiger partial charge in [0.05, 0.1) is 0 Å². The molecule has 0 saturated carbocycles. The highest BCUT2D eigenvalue weighted by Gasteiger charge is 2.36. The van der Waals surface area contributed by atoms with Crippen molar-refractivity contribution in [3.05, 3.63) is 48.5 Å². The summed E-state index contributed by atoms with van der Waals surface area (Å²) in [4.78, 5) is 29.2. The molecule has 2 N–H and O–H groups in total. The predicted octanol–water partition coefficient (Wildman–Crippen LogP) is 3.42. The second kappa shape index (κ2) is 8.12. The molecule has 144 valence electrons. The first-order chi connectivity index (χ1) is 12.6. The Morgan fingerprint density at radius 1 is 0.667 bits per heavy atom. The molecule has 6 heteroatoms. The third-order valence-electron chi connectivity index (χ3n) is 4.42. The highest BCUT2D eigenvalue weighted by Crippen LogP contribution is 2.23. The standard InChI is InChI=1S/C21H28N4O2/c1-21(2,19(26)22-15-7-11-17(12-8-15)24(3)4)20(27)23-16-9-13-18(14-10-16)25(5)6/h7-14H,1-6H3,(H,22,26)(H,23,27). The summed E-state index contributed by atoms with van der Waals surface area (Å²) in [6.07, 6.45) is 0. The zero-order chi connectivity index (χ0) is 20.2. The maximum absolute atomic E-state index is 12.6. The Morgan fingerprint density at radius 2 is 0.963 bits per heavy atom. The van der Waals surface area contributed by atoms with E-state index in [1.165, 1.54) is 0 Å². The fraction of sp³-hybridized carbons (Fsp3) is 0.333. The van der Waals surface area contributed by atoms with Gasteiger partial charge in [-0.2, -0.15) is 0 Å². The third-order valence-corrected chi connectivity index (χ3v) is 4.42. The van der Waals surface area contributed by atoms with Crippen LogP contribution < -0.4 is 20.4 Å². The molecule has 0 heterocycles. The van der Waals surface area contributed by atoms with Crippen LogP contribution in [0.2, 0.25) is 0 Å². The number of nitrogens with zero attached hydrogens (tertiary/aromatic N) is 2. The Labute approximate surface area is 161 Å². The van der Waals surface area contributed by atoms with Gasteiger partial charge < -0.3 is 20.4 Å². The maximum Gasteiger partial charge on any atom is 0.239 e.